The Bertz CT molecular complexity index is 99.0. The SMILES string of the molecule is CC.CC.CC12CNCC1C2. The molecule has 0 aromatic carbocycles. The van der Waals surface area contributed by atoms with Gasteiger partial charge in [0.15, 0.2) is 0 Å². The van der Waals surface area contributed by atoms with Gasteiger partial charge in [-0.2, -0.15) is 0 Å². The predicted molar refractivity (Wildman–Crippen MR) is 51.8 cm³/mol. The Labute approximate surface area is 71.6 Å². The highest BCUT2D eigenvalue weighted by molar-refractivity contribution is 5.05. The van der Waals surface area contributed by atoms with Crippen LogP contribution >= 0.6 is 0 Å². The molecule has 0 bridgehead atoms. The third kappa shape index (κ3) is 2.48. The van der Waals surface area contributed by atoms with E-state index in [1.165, 1.54) is 19.5 Å². The molecule has 2 unspecified atom stereocenters. The minimum absolute atomic E-state index is 0.750. The molecule has 0 amide bonds. The molecule has 1 saturated heterocycles. The fraction of sp³-hybridized carbons (Fsp3) is 1.00. The Balaban J connectivity index is 0.000000222. The summed E-state index contributed by atoms with van der Waals surface area (Å²) < 4.78 is 0. The molecule has 2 atom stereocenters. The summed E-state index contributed by atoms with van der Waals surface area (Å²) in [4.78, 5) is 0. The maximum absolute atomic E-state index is 3.36. The van der Waals surface area contributed by atoms with Crippen LogP contribution in [0.3, 0.4) is 0 Å². The fourth-order valence-electron chi connectivity index (χ4n) is 1.57. The molecule has 2 fully saturated rings. The van der Waals surface area contributed by atoms with Crippen molar-refractivity contribution in [1.82, 2.24) is 5.32 Å². The van der Waals surface area contributed by atoms with Crippen molar-refractivity contribution in [3.8, 4) is 0 Å². The maximum Gasteiger partial charge on any atom is 0.000853 e. The summed E-state index contributed by atoms with van der Waals surface area (Å²) in [6, 6.07) is 0. The lowest BCUT2D eigenvalue weighted by atomic mass is 10.1. The number of nitrogens with one attached hydrogen (secondary N) is 1. The van der Waals surface area contributed by atoms with Crippen LogP contribution in [-0.2, 0) is 0 Å². The van der Waals surface area contributed by atoms with E-state index in [2.05, 4.69) is 12.2 Å². The third-order valence-corrected chi connectivity index (χ3v) is 2.46. The molecule has 1 heteroatoms. The summed E-state index contributed by atoms with van der Waals surface area (Å²) in [7, 11) is 0. The van der Waals surface area contributed by atoms with E-state index in [9.17, 15) is 0 Å². The van der Waals surface area contributed by atoms with Crippen LogP contribution in [0.2, 0.25) is 0 Å². The zero-order valence-corrected chi connectivity index (χ0v) is 8.70. The van der Waals surface area contributed by atoms with Gasteiger partial charge in [-0.25, -0.2) is 0 Å². The first kappa shape index (κ1) is 11.0. The standard InChI is InChI=1S/C6H11N.2C2H6/c1-6-2-5(6)3-7-4-6;2*1-2/h5,7H,2-4H2,1H3;2*1-2H3. The topological polar surface area (TPSA) is 12.0 Å². The van der Waals surface area contributed by atoms with Crippen molar-refractivity contribution in [2.75, 3.05) is 13.1 Å². The molecule has 1 aliphatic carbocycles. The first-order chi connectivity index (χ1) is 5.31. The molecule has 0 aromatic heterocycles. The molecule has 1 heterocycles. The van der Waals surface area contributed by atoms with E-state index in [1.807, 2.05) is 27.7 Å². The quantitative estimate of drug-likeness (QED) is 0.570. The van der Waals surface area contributed by atoms with Crippen LogP contribution in [0.25, 0.3) is 0 Å². The number of hydrogen-bond acceptors (Lipinski definition) is 1. The molecule has 2 rings (SSSR count). The van der Waals surface area contributed by atoms with E-state index >= 15 is 0 Å². The van der Waals surface area contributed by atoms with Crippen LogP contribution in [0.4, 0.5) is 0 Å². The molecule has 1 N–H and O–H groups in total. The van der Waals surface area contributed by atoms with Crippen molar-refractivity contribution in [3.05, 3.63) is 0 Å². The molecule has 68 valence electrons. The molecule has 2 aliphatic rings. The highest BCUT2D eigenvalue weighted by Gasteiger charge is 2.52. The fourth-order valence-corrected chi connectivity index (χ4v) is 1.57. The van der Waals surface area contributed by atoms with Crippen LogP contribution in [0, 0.1) is 11.3 Å². The Hall–Kier alpha value is -0.0400. The summed E-state index contributed by atoms with van der Waals surface area (Å²) in [5.41, 5.74) is 0.750. The number of rotatable bonds is 0. The number of fused-ring (bicyclic) bond motifs is 1. The van der Waals surface area contributed by atoms with Crippen molar-refractivity contribution in [2.45, 2.75) is 41.0 Å². The molecular formula is C10H23N. The molecule has 1 nitrogen and oxygen atoms in total. The first-order valence-electron chi connectivity index (χ1n) is 5.02. The summed E-state index contributed by atoms with van der Waals surface area (Å²) in [6.07, 6.45) is 1.49. The van der Waals surface area contributed by atoms with Gasteiger partial charge in [-0.05, 0) is 24.3 Å². The van der Waals surface area contributed by atoms with E-state index in [4.69, 9.17) is 0 Å². The highest BCUT2D eigenvalue weighted by Crippen LogP contribution is 2.54. The van der Waals surface area contributed by atoms with E-state index < -0.39 is 0 Å². The van der Waals surface area contributed by atoms with E-state index in [0.717, 1.165) is 11.3 Å². The van der Waals surface area contributed by atoms with Gasteiger partial charge in [-0.3, -0.25) is 0 Å². The van der Waals surface area contributed by atoms with Crippen LogP contribution in [-0.4, -0.2) is 13.1 Å². The van der Waals surface area contributed by atoms with Gasteiger partial charge < -0.3 is 5.32 Å². The van der Waals surface area contributed by atoms with Gasteiger partial charge in [0.25, 0.3) is 0 Å². The van der Waals surface area contributed by atoms with Crippen molar-refractivity contribution >= 4 is 0 Å². The average molecular weight is 157 g/mol. The minimum Gasteiger partial charge on any atom is -0.316 e. The Kier molecular flexibility index (Phi) is 4.74. The summed E-state index contributed by atoms with van der Waals surface area (Å²) in [5.74, 6) is 1.05. The number of hydrogen-bond donors (Lipinski definition) is 1. The largest absolute Gasteiger partial charge is 0.316 e. The summed E-state index contributed by atoms with van der Waals surface area (Å²) in [6.45, 7) is 12.9. The molecular weight excluding hydrogens is 134 g/mol. The van der Waals surface area contributed by atoms with Crippen molar-refractivity contribution < 1.29 is 0 Å². The Morgan fingerprint density at radius 3 is 1.82 bits per heavy atom. The van der Waals surface area contributed by atoms with Crippen LogP contribution in [0.15, 0.2) is 0 Å². The van der Waals surface area contributed by atoms with Crippen LogP contribution in [0.5, 0.6) is 0 Å². The molecule has 1 aliphatic heterocycles. The van der Waals surface area contributed by atoms with Crippen LogP contribution in [0.1, 0.15) is 41.0 Å². The second kappa shape index (κ2) is 4.76. The van der Waals surface area contributed by atoms with Crippen molar-refractivity contribution in [2.24, 2.45) is 11.3 Å². The Morgan fingerprint density at radius 1 is 1.18 bits per heavy atom. The lowest BCUT2D eigenvalue weighted by Gasteiger charge is -1.97. The van der Waals surface area contributed by atoms with Gasteiger partial charge in [0.1, 0.15) is 0 Å². The molecule has 0 aromatic rings. The molecule has 11 heavy (non-hydrogen) atoms. The lowest BCUT2D eigenvalue weighted by Crippen LogP contribution is -2.13. The second-order valence-corrected chi connectivity index (χ2v) is 3.19. The van der Waals surface area contributed by atoms with E-state index in [1.54, 1.807) is 0 Å². The van der Waals surface area contributed by atoms with Crippen molar-refractivity contribution in [1.29, 1.82) is 0 Å². The number of piperidine rings is 1. The van der Waals surface area contributed by atoms with E-state index in [-0.39, 0.29) is 0 Å². The second-order valence-electron chi connectivity index (χ2n) is 3.19. The molecule has 0 radical (unpaired) electrons. The Morgan fingerprint density at radius 2 is 1.73 bits per heavy atom. The molecule has 0 spiro atoms. The average Bonchev–Trinajstić information content (AvgIpc) is 2.59. The summed E-state index contributed by atoms with van der Waals surface area (Å²) >= 11 is 0. The lowest BCUT2D eigenvalue weighted by molar-refractivity contribution is 0.576. The van der Waals surface area contributed by atoms with Crippen LogP contribution < -0.4 is 5.32 Å². The van der Waals surface area contributed by atoms with Gasteiger partial charge in [0.05, 0.1) is 0 Å². The van der Waals surface area contributed by atoms with Gasteiger partial charge >= 0.3 is 0 Å². The van der Waals surface area contributed by atoms with E-state index in [0.29, 0.717) is 0 Å². The van der Waals surface area contributed by atoms with Gasteiger partial charge in [0.2, 0.25) is 0 Å². The normalized spacial score (nSPS) is 37.4. The zero-order chi connectivity index (χ0) is 8.91. The maximum atomic E-state index is 3.36. The van der Waals surface area contributed by atoms with Gasteiger partial charge in [0, 0.05) is 6.54 Å². The van der Waals surface area contributed by atoms with Crippen molar-refractivity contribution in [3.63, 3.8) is 0 Å². The zero-order valence-electron chi connectivity index (χ0n) is 8.70. The van der Waals surface area contributed by atoms with Gasteiger partial charge in [-0.15, -0.1) is 0 Å². The highest BCUT2D eigenvalue weighted by atomic mass is 15.0. The monoisotopic (exact) mass is 157 g/mol. The smallest absolute Gasteiger partial charge is 0.000853 e. The predicted octanol–water partition coefficient (Wildman–Crippen LogP) is 2.67. The third-order valence-electron chi connectivity index (χ3n) is 2.46. The summed E-state index contributed by atoms with van der Waals surface area (Å²) in [5, 5.41) is 3.36. The van der Waals surface area contributed by atoms with Gasteiger partial charge in [-0.1, -0.05) is 34.6 Å². The molecule has 1 saturated carbocycles. The first-order valence-corrected chi connectivity index (χ1v) is 5.02. The minimum atomic E-state index is 0.750.